The largest absolute Gasteiger partial charge is 0.250 e. The lowest BCUT2D eigenvalue weighted by atomic mass is 10.2. The van der Waals surface area contributed by atoms with Crippen molar-refractivity contribution in [3.05, 3.63) is 38.3 Å². The summed E-state index contributed by atoms with van der Waals surface area (Å²) in [7, 11) is -3.43. The molecule has 2 rings (SSSR count). The van der Waals surface area contributed by atoms with E-state index in [1.807, 2.05) is 24.4 Å². The van der Waals surface area contributed by atoms with E-state index in [9.17, 15) is 8.42 Å². The summed E-state index contributed by atoms with van der Waals surface area (Å²) in [5.74, 6) is 0. The highest BCUT2D eigenvalue weighted by Crippen LogP contribution is 2.29. The van der Waals surface area contributed by atoms with Crippen molar-refractivity contribution in [1.82, 2.24) is 4.72 Å². The van der Waals surface area contributed by atoms with Crippen molar-refractivity contribution in [1.29, 1.82) is 0 Å². The first-order valence-corrected chi connectivity index (χ1v) is 9.31. The molecule has 0 spiro atoms. The zero-order chi connectivity index (χ0) is 13.2. The molecule has 0 bridgehead atoms. The second-order valence-corrected chi connectivity index (χ2v) is 9.04. The molecule has 2 heterocycles. The molecular weight excluding hydrogens is 354 g/mol. The second kappa shape index (κ2) is 5.83. The van der Waals surface area contributed by atoms with E-state index in [0.29, 0.717) is 4.21 Å². The Kier molecular flexibility index (Phi) is 4.60. The summed E-state index contributed by atoms with van der Waals surface area (Å²) in [6, 6.07) is 7.07. The summed E-state index contributed by atoms with van der Waals surface area (Å²) in [6.45, 7) is 1.97. The van der Waals surface area contributed by atoms with E-state index >= 15 is 0 Å². The van der Waals surface area contributed by atoms with E-state index in [2.05, 4.69) is 20.7 Å². The van der Waals surface area contributed by atoms with E-state index in [0.717, 1.165) is 15.1 Å². The standard InChI is InChI=1S/C11H12BrNO2S3/c1-2-8(9-4-3-7-16-9)13-18(14,15)11-6-5-10(12)17-11/h3-8,13H,2H2,1H3. The average molecular weight is 366 g/mol. The van der Waals surface area contributed by atoms with Gasteiger partial charge in [0.25, 0.3) is 10.0 Å². The molecule has 0 aromatic carbocycles. The molecule has 0 aliphatic rings. The number of halogens is 1. The van der Waals surface area contributed by atoms with Crippen LogP contribution in [0.1, 0.15) is 24.3 Å². The highest BCUT2D eigenvalue weighted by Gasteiger charge is 2.22. The fourth-order valence-electron chi connectivity index (χ4n) is 1.52. The van der Waals surface area contributed by atoms with Crippen LogP contribution in [-0.4, -0.2) is 8.42 Å². The zero-order valence-electron chi connectivity index (χ0n) is 9.59. The van der Waals surface area contributed by atoms with Gasteiger partial charge in [0.1, 0.15) is 4.21 Å². The summed E-state index contributed by atoms with van der Waals surface area (Å²) in [5.41, 5.74) is 0. The Morgan fingerprint density at radius 3 is 2.67 bits per heavy atom. The molecule has 0 amide bonds. The quantitative estimate of drug-likeness (QED) is 0.869. The van der Waals surface area contributed by atoms with Crippen LogP contribution in [0.4, 0.5) is 0 Å². The lowest BCUT2D eigenvalue weighted by molar-refractivity contribution is 0.555. The van der Waals surface area contributed by atoms with Crippen molar-refractivity contribution in [3.63, 3.8) is 0 Å². The predicted molar refractivity (Wildman–Crippen MR) is 79.7 cm³/mol. The third-order valence-corrected chi connectivity index (χ3v) is 6.98. The van der Waals surface area contributed by atoms with Crippen molar-refractivity contribution >= 4 is 48.6 Å². The molecule has 7 heteroatoms. The van der Waals surface area contributed by atoms with Gasteiger partial charge in [0, 0.05) is 4.88 Å². The maximum absolute atomic E-state index is 12.2. The van der Waals surface area contributed by atoms with Gasteiger partial charge in [-0.25, -0.2) is 13.1 Å². The van der Waals surface area contributed by atoms with Crippen molar-refractivity contribution in [2.24, 2.45) is 0 Å². The number of hydrogen-bond acceptors (Lipinski definition) is 4. The van der Waals surface area contributed by atoms with Crippen LogP contribution >= 0.6 is 38.6 Å². The van der Waals surface area contributed by atoms with E-state index in [1.165, 1.54) is 11.3 Å². The van der Waals surface area contributed by atoms with Crippen LogP contribution in [-0.2, 0) is 10.0 Å². The first kappa shape index (κ1) is 14.2. The number of nitrogens with one attached hydrogen (secondary N) is 1. The average Bonchev–Trinajstić information content (AvgIpc) is 2.96. The summed E-state index contributed by atoms with van der Waals surface area (Å²) < 4.78 is 28.3. The van der Waals surface area contributed by atoms with Gasteiger partial charge in [-0.15, -0.1) is 22.7 Å². The number of thiophene rings is 2. The molecule has 0 aliphatic carbocycles. The zero-order valence-corrected chi connectivity index (χ0v) is 13.6. The first-order valence-electron chi connectivity index (χ1n) is 5.34. The predicted octanol–water partition coefficient (Wildman–Crippen LogP) is 4.00. The van der Waals surface area contributed by atoms with E-state index in [1.54, 1.807) is 23.5 Å². The molecule has 2 aromatic heterocycles. The topological polar surface area (TPSA) is 46.2 Å². The SMILES string of the molecule is CCC(NS(=O)(=O)c1ccc(Br)s1)c1cccs1. The molecule has 0 aliphatic heterocycles. The van der Waals surface area contributed by atoms with E-state index in [-0.39, 0.29) is 6.04 Å². The molecule has 0 saturated heterocycles. The van der Waals surface area contributed by atoms with Gasteiger partial charge in [-0.05, 0) is 45.9 Å². The Morgan fingerprint density at radius 2 is 2.17 bits per heavy atom. The van der Waals surface area contributed by atoms with Gasteiger partial charge in [-0.3, -0.25) is 0 Å². The summed E-state index contributed by atoms with van der Waals surface area (Å²) in [5, 5.41) is 1.95. The van der Waals surface area contributed by atoms with Gasteiger partial charge in [-0.2, -0.15) is 0 Å². The molecule has 1 N–H and O–H groups in total. The molecule has 1 atom stereocenters. The third-order valence-electron chi connectivity index (χ3n) is 2.41. The molecule has 2 aromatic rings. The molecule has 1 unspecified atom stereocenters. The van der Waals surface area contributed by atoms with Crippen LogP contribution in [0.15, 0.2) is 37.6 Å². The number of rotatable bonds is 5. The van der Waals surface area contributed by atoms with E-state index in [4.69, 9.17) is 0 Å². The van der Waals surface area contributed by atoms with Crippen molar-refractivity contribution < 1.29 is 8.42 Å². The summed E-state index contributed by atoms with van der Waals surface area (Å²) >= 11 is 6.05. The van der Waals surface area contributed by atoms with Crippen molar-refractivity contribution in [2.75, 3.05) is 0 Å². The minimum atomic E-state index is -3.43. The van der Waals surface area contributed by atoms with Gasteiger partial charge in [0.05, 0.1) is 9.83 Å². The van der Waals surface area contributed by atoms with Crippen molar-refractivity contribution in [2.45, 2.75) is 23.6 Å². The fourth-order valence-corrected chi connectivity index (χ4v) is 5.78. The molecule has 3 nitrogen and oxygen atoms in total. The Morgan fingerprint density at radius 1 is 1.39 bits per heavy atom. The van der Waals surface area contributed by atoms with Gasteiger partial charge < -0.3 is 0 Å². The molecule has 0 fully saturated rings. The van der Waals surface area contributed by atoms with Crippen LogP contribution < -0.4 is 4.72 Å². The van der Waals surface area contributed by atoms with Gasteiger partial charge in [-0.1, -0.05) is 13.0 Å². The van der Waals surface area contributed by atoms with E-state index < -0.39 is 10.0 Å². The normalized spacial score (nSPS) is 13.7. The lowest BCUT2D eigenvalue weighted by Gasteiger charge is -2.14. The Bertz CT molecular complexity index is 604. The Hall–Kier alpha value is -0.210. The Balaban J connectivity index is 2.22. The minimum Gasteiger partial charge on any atom is -0.206 e. The third kappa shape index (κ3) is 3.21. The van der Waals surface area contributed by atoms with Crippen LogP contribution in [0.2, 0.25) is 0 Å². The molecular formula is C11H12BrNO2S3. The van der Waals surface area contributed by atoms with Gasteiger partial charge >= 0.3 is 0 Å². The Labute approximate surface area is 123 Å². The first-order chi connectivity index (χ1) is 8.53. The van der Waals surface area contributed by atoms with Crippen LogP contribution in [0.5, 0.6) is 0 Å². The second-order valence-electron chi connectivity index (χ2n) is 3.66. The molecule has 0 saturated carbocycles. The molecule has 18 heavy (non-hydrogen) atoms. The highest BCUT2D eigenvalue weighted by molar-refractivity contribution is 9.11. The van der Waals surface area contributed by atoms with Crippen LogP contribution in [0.25, 0.3) is 0 Å². The van der Waals surface area contributed by atoms with Crippen molar-refractivity contribution in [3.8, 4) is 0 Å². The lowest BCUT2D eigenvalue weighted by Crippen LogP contribution is -2.27. The maximum atomic E-state index is 12.2. The molecule has 98 valence electrons. The smallest absolute Gasteiger partial charge is 0.206 e. The monoisotopic (exact) mass is 365 g/mol. The van der Waals surface area contributed by atoms with Gasteiger partial charge in [0.2, 0.25) is 0 Å². The maximum Gasteiger partial charge on any atom is 0.250 e. The number of hydrogen-bond donors (Lipinski definition) is 1. The summed E-state index contributed by atoms with van der Waals surface area (Å²) in [6.07, 6.45) is 0.728. The van der Waals surface area contributed by atoms with Gasteiger partial charge in [0.15, 0.2) is 0 Å². The van der Waals surface area contributed by atoms with Crippen LogP contribution in [0, 0.1) is 0 Å². The molecule has 0 radical (unpaired) electrons. The summed E-state index contributed by atoms with van der Waals surface area (Å²) in [4.78, 5) is 1.04. The minimum absolute atomic E-state index is 0.157. The van der Waals surface area contributed by atoms with Crippen LogP contribution in [0.3, 0.4) is 0 Å². The highest BCUT2D eigenvalue weighted by atomic mass is 79.9. The number of sulfonamides is 1. The fraction of sp³-hybridized carbons (Fsp3) is 0.273.